The van der Waals surface area contributed by atoms with Gasteiger partial charge in [-0.15, -0.1) is 0 Å². The van der Waals surface area contributed by atoms with Crippen LogP contribution in [-0.2, 0) is 10.0 Å². The number of nitrogens with one attached hydrogen (secondary N) is 2. The lowest BCUT2D eigenvalue weighted by atomic mass is 10.0. The molecule has 1 fully saturated rings. The van der Waals surface area contributed by atoms with Crippen molar-refractivity contribution in [1.82, 2.24) is 14.9 Å². The maximum absolute atomic E-state index is 12.1. The van der Waals surface area contributed by atoms with Gasteiger partial charge in [-0.1, -0.05) is 12.8 Å². The molecule has 7 nitrogen and oxygen atoms in total. The van der Waals surface area contributed by atoms with Crippen LogP contribution in [0.1, 0.15) is 43.0 Å². The summed E-state index contributed by atoms with van der Waals surface area (Å²) in [5.41, 5.74) is -0.342. The molecule has 19 heavy (non-hydrogen) atoms. The molecule has 0 aliphatic heterocycles. The molecule has 106 valence electrons. The Labute approximate surface area is 111 Å². The first kappa shape index (κ1) is 14.0. The first-order valence-electron chi connectivity index (χ1n) is 6.21. The normalized spacial score (nSPS) is 18.6. The second-order valence-electron chi connectivity index (χ2n) is 4.87. The Morgan fingerprint density at radius 3 is 2.74 bits per heavy atom. The molecule has 1 heterocycles. The van der Waals surface area contributed by atoms with Gasteiger partial charge in [0.1, 0.15) is 5.56 Å². The number of carbonyl (C=O) groups is 1. The predicted octanol–water partition coefficient (Wildman–Crippen LogP) is 0.965. The fraction of sp³-hybridized carbons (Fsp3) is 0.636. The standard InChI is InChI=1S/C11H17N3O4S/c1-7(8-4-2-3-5-8)14-19(17,18)10-9(11(15)16)6-12-13-10/h6-8,14H,2-5H2,1H3,(H,12,13)(H,15,16)/t7-/m0/s1. The summed E-state index contributed by atoms with van der Waals surface area (Å²) in [5, 5.41) is 14.3. The molecule has 0 unspecified atom stereocenters. The quantitative estimate of drug-likeness (QED) is 0.747. The molecule has 1 atom stereocenters. The number of carboxylic acid groups (broad SMARTS) is 1. The summed E-state index contributed by atoms with van der Waals surface area (Å²) in [7, 11) is -3.88. The number of sulfonamides is 1. The van der Waals surface area contributed by atoms with Crippen molar-refractivity contribution < 1.29 is 18.3 Å². The summed E-state index contributed by atoms with van der Waals surface area (Å²) in [6, 6.07) is -0.211. The van der Waals surface area contributed by atoms with Crippen LogP contribution >= 0.6 is 0 Å². The molecular formula is C11H17N3O4S. The Morgan fingerprint density at radius 2 is 2.16 bits per heavy atom. The highest BCUT2D eigenvalue weighted by Gasteiger charge is 2.30. The van der Waals surface area contributed by atoms with Gasteiger partial charge in [0.2, 0.25) is 0 Å². The van der Waals surface area contributed by atoms with Gasteiger partial charge in [0.05, 0.1) is 6.20 Å². The highest BCUT2D eigenvalue weighted by atomic mass is 32.2. The van der Waals surface area contributed by atoms with E-state index in [-0.39, 0.29) is 16.6 Å². The van der Waals surface area contributed by atoms with Gasteiger partial charge in [0.25, 0.3) is 10.0 Å². The van der Waals surface area contributed by atoms with Crippen LogP contribution in [0.25, 0.3) is 0 Å². The van der Waals surface area contributed by atoms with Gasteiger partial charge in [-0.05, 0) is 25.7 Å². The van der Waals surface area contributed by atoms with Crippen LogP contribution in [-0.4, -0.2) is 35.7 Å². The smallest absolute Gasteiger partial charge is 0.340 e. The third-order valence-corrected chi connectivity index (χ3v) is 5.08. The molecule has 0 aromatic carbocycles. The zero-order valence-corrected chi connectivity index (χ0v) is 11.4. The summed E-state index contributed by atoms with van der Waals surface area (Å²) in [5.74, 6) is -1.01. The Hall–Kier alpha value is -1.41. The van der Waals surface area contributed by atoms with Crippen LogP contribution in [0.15, 0.2) is 11.2 Å². The van der Waals surface area contributed by atoms with Crippen LogP contribution in [0.5, 0.6) is 0 Å². The maximum Gasteiger partial charge on any atom is 0.340 e. The van der Waals surface area contributed by atoms with E-state index >= 15 is 0 Å². The molecule has 0 radical (unpaired) electrons. The lowest BCUT2D eigenvalue weighted by molar-refractivity contribution is 0.0692. The van der Waals surface area contributed by atoms with E-state index < -0.39 is 16.0 Å². The Morgan fingerprint density at radius 1 is 1.53 bits per heavy atom. The van der Waals surface area contributed by atoms with Gasteiger partial charge in [-0.2, -0.15) is 5.10 Å². The largest absolute Gasteiger partial charge is 0.478 e. The Balaban J connectivity index is 2.17. The molecule has 1 aromatic heterocycles. The number of carboxylic acids is 1. The topological polar surface area (TPSA) is 112 Å². The van der Waals surface area contributed by atoms with E-state index in [4.69, 9.17) is 5.11 Å². The molecule has 0 spiro atoms. The SMILES string of the molecule is C[C@H](NS(=O)(=O)c1[nH]ncc1C(=O)O)C1CCCC1. The van der Waals surface area contributed by atoms with Crippen molar-refractivity contribution in [2.75, 3.05) is 0 Å². The minimum absolute atomic E-state index is 0.211. The van der Waals surface area contributed by atoms with Crippen molar-refractivity contribution in [3.05, 3.63) is 11.8 Å². The van der Waals surface area contributed by atoms with Crippen LogP contribution in [0, 0.1) is 5.92 Å². The van der Waals surface area contributed by atoms with E-state index in [9.17, 15) is 13.2 Å². The highest BCUT2D eigenvalue weighted by Crippen LogP contribution is 2.28. The number of H-pyrrole nitrogens is 1. The van der Waals surface area contributed by atoms with Crippen LogP contribution in [0.2, 0.25) is 0 Å². The number of hydrogen-bond donors (Lipinski definition) is 3. The first-order chi connectivity index (χ1) is 8.92. The third-order valence-electron chi connectivity index (χ3n) is 3.55. The second kappa shape index (κ2) is 5.30. The van der Waals surface area contributed by atoms with Crippen molar-refractivity contribution in [2.24, 2.45) is 5.92 Å². The van der Waals surface area contributed by atoms with Crippen molar-refractivity contribution in [1.29, 1.82) is 0 Å². The second-order valence-corrected chi connectivity index (χ2v) is 6.52. The van der Waals surface area contributed by atoms with Gasteiger partial charge in [-0.25, -0.2) is 17.9 Å². The zero-order chi connectivity index (χ0) is 14.0. The molecule has 2 rings (SSSR count). The molecule has 1 aromatic rings. The summed E-state index contributed by atoms with van der Waals surface area (Å²) >= 11 is 0. The lowest BCUT2D eigenvalue weighted by Crippen LogP contribution is -2.37. The van der Waals surface area contributed by atoms with Gasteiger partial charge >= 0.3 is 5.97 Å². The lowest BCUT2D eigenvalue weighted by Gasteiger charge is -2.19. The number of rotatable bonds is 5. The molecule has 3 N–H and O–H groups in total. The van der Waals surface area contributed by atoms with Gasteiger partial charge < -0.3 is 5.11 Å². The fourth-order valence-electron chi connectivity index (χ4n) is 2.49. The maximum atomic E-state index is 12.1. The molecule has 1 aliphatic rings. The number of nitrogens with zero attached hydrogens (tertiary/aromatic N) is 1. The van der Waals surface area contributed by atoms with Crippen LogP contribution in [0.4, 0.5) is 0 Å². The number of hydrogen-bond acceptors (Lipinski definition) is 4. The van der Waals surface area contributed by atoms with E-state index in [0.717, 1.165) is 31.9 Å². The molecule has 1 saturated carbocycles. The van der Waals surface area contributed by atoms with E-state index in [1.165, 1.54) is 0 Å². The number of aromatic amines is 1. The van der Waals surface area contributed by atoms with Gasteiger partial charge in [-0.3, -0.25) is 5.10 Å². The fourth-order valence-corrected chi connectivity index (χ4v) is 3.89. The van der Waals surface area contributed by atoms with E-state index in [1.54, 1.807) is 0 Å². The van der Waals surface area contributed by atoms with E-state index in [0.29, 0.717) is 5.92 Å². The van der Waals surface area contributed by atoms with Crippen molar-refractivity contribution in [2.45, 2.75) is 43.7 Å². The summed E-state index contributed by atoms with van der Waals surface area (Å²) in [4.78, 5) is 10.9. The molecule has 0 bridgehead atoms. The molecular weight excluding hydrogens is 270 g/mol. The van der Waals surface area contributed by atoms with Crippen LogP contribution < -0.4 is 4.72 Å². The Kier molecular flexibility index (Phi) is 3.91. The monoisotopic (exact) mass is 287 g/mol. The molecule has 0 saturated heterocycles. The van der Waals surface area contributed by atoms with Gasteiger partial charge in [0, 0.05) is 6.04 Å². The van der Waals surface area contributed by atoms with E-state index in [1.807, 2.05) is 6.92 Å². The summed E-state index contributed by atoms with van der Waals surface area (Å²) in [6.07, 6.45) is 5.22. The van der Waals surface area contributed by atoms with Crippen molar-refractivity contribution in [3.8, 4) is 0 Å². The minimum atomic E-state index is -3.88. The van der Waals surface area contributed by atoms with Crippen molar-refractivity contribution in [3.63, 3.8) is 0 Å². The average Bonchev–Trinajstić information content (AvgIpc) is 3.00. The summed E-state index contributed by atoms with van der Waals surface area (Å²) in [6.45, 7) is 1.81. The predicted molar refractivity (Wildman–Crippen MR) is 67.3 cm³/mol. The number of aromatic carboxylic acids is 1. The van der Waals surface area contributed by atoms with Crippen LogP contribution in [0.3, 0.4) is 0 Å². The molecule has 1 aliphatic carbocycles. The molecule has 0 amide bonds. The minimum Gasteiger partial charge on any atom is -0.478 e. The highest BCUT2D eigenvalue weighted by molar-refractivity contribution is 7.89. The number of aromatic nitrogens is 2. The van der Waals surface area contributed by atoms with Gasteiger partial charge in [0.15, 0.2) is 5.03 Å². The average molecular weight is 287 g/mol. The Bertz CT molecular complexity index is 560. The first-order valence-corrected chi connectivity index (χ1v) is 7.69. The zero-order valence-electron chi connectivity index (χ0n) is 10.6. The van der Waals surface area contributed by atoms with Crippen molar-refractivity contribution >= 4 is 16.0 Å². The van der Waals surface area contributed by atoms with E-state index in [2.05, 4.69) is 14.9 Å². The molecule has 8 heteroatoms. The summed E-state index contributed by atoms with van der Waals surface area (Å²) < 4.78 is 26.8. The third kappa shape index (κ3) is 2.95.